The lowest BCUT2D eigenvalue weighted by atomic mass is 10.3. The highest BCUT2D eigenvalue weighted by atomic mass is 16.7. The fourth-order valence-corrected chi connectivity index (χ4v) is 2.86. The van der Waals surface area contributed by atoms with E-state index in [1.54, 1.807) is 0 Å². The summed E-state index contributed by atoms with van der Waals surface area (Å²) in [5.74, 6) is 0.763. The number of likely N-dealkylation sites (N-methyl/N-ethyl adjacent to an activating group) is 1. The Bertz CT molecular complexity index is 407. The predicted octanol–water partition coefficient (Wildman–Crippen LogP) is -0.674. The van der Waals surface area contributed by atoms with Crippen LogP contribution in [0.25, 0.3) is 0 Å². The van der Waals surface area contributed by atoms with Crippen molar-refractivity contribution in [1.82, 2.24) is 14.7 Å². The summed E-state index contributed by atoms with van der Waals surface area (Å²) in [5.41, 5.74) is 0.283. The third-order valence-corrected chi connectivity index (χ3v) is 3.66. The van der Waals surface area contributed by atoms with E-state index < -0.39 is 0 Å². The van der Waals surface area contributed by atoms with Crippen molar-refractivity contribution in [3.05, 3.63) is 21.6 Å². The largest absolute Gasteiger partial charge is 0.353 e. The minimum absolute atomic E-state index is 0.0140. The van der Waals surface area contributed by atoms with E-state index in [1.807, 2.05) is 11.9 Å². The molecule has 8 nitrogen and oxygen atoms in total. The number of nitrogens with zero attached hydrogens (tertiary/aromatic N) is 4. The summed E-state index contributed by atoms with van der Waals surface area (Å²) in [6.45, 7) is 4.31. The van der Waals surface area contributed by atoms with E-state index in [9.17, 15) is 10.1 Å². The van der Waals surface area contributed by atoms with Crippen molar-refractivity contribution in [2.45, 2.75) is 6.10 Å². The Kier molecular flexibility index (Phi) is 3.29. The summed E-state index contributed by atoms with van der Waals surface area (Å²) in [6, 6.07) is 0. The molecule has 0 aromatic rings. The summed E-state index contributed by atoms with van der Waals surface area (Å²) in [6.07, 6.45) is 0.0140. The third kappa shape index (κ3) is 2.38. The Balaban J connectivity index is 1.81. The van der Waals surface area contributed by atoms with Crippen molar-refractivity contribution in [3.63, 3.8) is 0 Å². The smallest absolute Gasteiger partial charge is 0.300 e. The van der Waals surface area contributed by atoms with E-state index in [0.717, 1.165) is 25.6 Å². The van der Waals surface area contributed by atoms with Crippen LogP contribution in [-0.4, -0.2) is 79.0 Å². The average Bonchev–Trinajstić information content (AvgIpc) is 2.99. The van der Waals surface area contributed by atoms with Gasteiger partial charge in [-0.25, -0.2) is 0 Å². The monoisotopic (exact) mass is 270 g/mol. The molecule has 0 aromatic heterocycles. The molecule has 0 aliphatic carbocycles. The van der Waals surface area contributed by atoms with E-state index in [2.05, 4.69) is 9.80 Å². The van der Waals surface area contributed by atoms with Gasteiger partial charge in [0.2, 0.25) is 0 Å². The molecular weight excluding hydrogens is 252 g/mol. The van der Waals surface area contributed by atoms with Crippen LogP contribution >= 0.6 is 0 Å². The zero-order valence-corrected chi connectivity index (χ0v) is 10.9. The molecule has 2 saturated heterocycles. The second-order valence-electron chi connectivity index (χ2n) is 5.17. The van der Waals surface area contributed by atoms with Gasteiger partial charge in [-0.2, -0.15) is 0 Å². The van der Waals surface area contributed by atoms with E-state index >= 15 is 0 Å². The maximum Gasteiger partial charge on any atom is 0.300 e. The average molecular weight is 270 g/mol. The molecule has 0 bridgehead atoms. The molecule has 3 heterocycles. The first-order chi connectivity index (χ1) is 9.15. The van der Waals surface area contributed by atoms with E-state index in [-0.39, 0.29) is 16.7 Å². The topological polar surface area (TPSA) is 71.3 Å². The third-order valence-electron chi connectivity index (χ3n) is 3.66. The zero-order valence-electron chi connectivity index (χ0n) is 10.9. The first-order valence-electron chi connectivity index (χ1n) is 6.40. The van der Waals surface area contributed by atoms with Crippen molar-refractivity contribution < 1.29 is 14.4 Å². The second kappa shape index (κ2) is 4.95. The number of hydrogen-bond acceptors (Lipinski definition) is 7. The second-order valence-corrected chi connectivity index (χ2v) is 5.17. The standard InChI is InChI=1S/C11H18N4O4/c1-12-5-10(15(16)17)11-13(2-3-14(11)7-12)4-9-6-18-8-19-9/h9H,2-8H2,1H3. The Morgan fingerprint density at radius 1 is 1.47 bits per heavy atom. The van der Waals surface area contributed by atoms with Gasteiger partial charge in [-0.1, -0.05) is 0 Å². The van der Waals surface area contributed by atoms with Gasteiger partial charge in [0.15, 0.2) is 5.82 Å². The predicted molar refractivity (Wildman–Crippen MR) is 65.5 cm³/mol. The van der Waals surface area contributed by atoms with Crippen LogP contribution in [0.3, 0.4) is 0 Å². The first kappa shape index (κ1) is 12.6. The SMILES string of the molecule is CN1CC([N+](=O)[O-])=C2N(CC3COCO3)CCN2C1. The number of hydrogen-bond donors (Lipinski definition) is 0. The van der Waals surface area contributed by atoms with E-state index in [0.29, 0.717) is 26.5 Å². The fourth-order valence-electron chi connectivity index (χ4n) is 2.86. The fraction of sp³-hybridized carbons (Fsp3) is 0.818. The molecule has 0 saturated carbocycles. The molecule has 0 amide bonds. The minimum Gasteiger partial charge on any atom is -0.353 e. The highest BCUT2D eigenvalue weighted by molar-refractivity contribution is 5.15. The quantitative estimate of drug-likeness (QED) is 0.497. The summed E-state index contributed by atoms with van der Waals surface area (Å²) in [7, 11) is 1.90. The molecule has 0 radical (unpaired) electrons. The molecular formula is C11H18N4O4. The highest BCUT2D eigenvalue weighted by Gasteiger charge is 2.39. The molecule has 0 aromatic carbocycles. The van der Waals surface area contributed by atoms with Crippen LogP contribution in [0, 0.1) is 10.1 Å². The van der Waals surface area contributed by atoms with Gasteiger partial charge in [-0.05, 0) is 7.05 Å². The van der Waals surface area contributed by atoms with Gasteiger partial charge in [0.25, 0.3) is 5.70 Å². The van der Waals surface area contributed by atoms with Gasteiger partial charge in [0.05, 0.1) is 24.7 Å². The summed E-state index contributed by atoms with van der Waals surface area (Å²) in [4.78, 5) is 17.1. The van der Waals surface area contributed by atoms with Crippen LogP contribution in [0.2, 0.25) is 0 Å². The van der Waals surface area contributed by atoms with Crippen LogP contribution in [0.15, 0.2) is 11.5 Å². The van der Waals surface area contributed by atoms with E-state index in [1.165, 1.54) is 0 Å². The van der Waals surface area contributed by atoms with Crippen molar-refractivity contribution in [2.24, 2.45) is 0 Å². The van der Waals surface area contributed by atoms with Crippen LogP contribution in [0.4, 0.5) is 0 Å². The maximum absolute atomic E-state index is 11.2. The van der Waals surface area contributed by atoms with E-state index in [4.69, 9.17) is 9.47 Å². The van der Waals surface area contributed by atoms with Gasteiger partial charge in [0, 0.05) is 19.6 Å². The molecule has 3 rings (SSSR count). The number of fused-ring (bicyclic) bond motifs is 1. The molecule has 1 unspecified atom stereocenters. The van der Waals surface area contributed by atoms with Crippen molar-refractivity contribution in [3.8, 4) is 0 Å². The molecule has 19 heavy (non-hydrogen) atoms. The van der Waals surface area contributed by atoms with Crippen LogP contribution < -0.4 is 0 Å². The molecule has 0 spiro atoms. The Morgan fingerprint density at radius 2 is 2.32 bits per heavy atom. The molecule has 2 fully saturated rings. The van der Waals surface area contributed by atoms with Gasteiger partial charge in [-0.3, -0.25) is 15.0 Å². The first-order valence-corrected chi connectivity index (χ1v) is 6.40. The Morgan fingerprint density at radius 3 is 3.00 bits per heavy atom. The van der Waals surface area contributed by atoms with Crippen LogP contribution in [0.5, 0.6) is 0 Å². The summed E-state index contributed by atoms with van der Waals surface area (Å²) >= 11 is 0. The minimum atomic E-state index is -0.262. The number of nitro groups is 1. The van der Waals surface area contributed by atoms with Crippen LogP contribution in [0.1, 0.15) is 0 Å². The molecule has 3 aliphatic rings. The molecule has 3 aliphatic heterocycles. The number of ether oxygens (including phenoxy) is 2. The summed E-state index contributed by atoms with van der Waals surface area (Å²) in [5, 5.41) is 11.2. The van der Waals surface area contributed by atoms with Crippen molar-refractivity contribution in [2.75, 3.05) is 53.3 Å². The number of rotatable bonds is 3. The summed E-state index contributed by atoms with van der Waals surface area (Å²) < 4.78 is 10.6. The molecule has 0 N–H and O–H groups in total. The maximum atomic E-state index is 11.2. The zero-order chi connectivity index (χ0) is 13.4. The lowest BCUT2D eigenvalue weighted by Gasteiger charge is -2.33. The van der Waals surface area contributed by atoms with Gasteiger partial charge < -0.3 is 19.3 Å². The van der Waals surface area contributed by atoms with Gasteiger partial charge >= 0.3 is 0 Å². The van der Waals surface area contributed by atoms with Crippen molar-refractivity contribution >= 4 is 0 Å². The Hall–Kier alpha value is -1.38. The van der Waals surface area contributed by atoms with Gasteiger partial charge in [-0.15, -0.1) is 0 Å². The molecule has 106 valence electrons. The molecule has 1 atom stereocenters. The van der Waals surface area contributed by atoms with Crippen molar-refractivity contribution in [1.29, 1.82) is 0 Å². The van der Waals surface area contributed by atoms with Crippen LogP contribution in [-0.2, 0) is 9.47 Å². The lowest BCUT2D eigenvalue weighted by Crippen LogP contribution is -2.44. The van der Waals surface area contributed by atoms with Gasteiger partial charge in [0.1, 0.15) is 12.9 Å². The lowest BCUT2D eigenvalue weighted by molar-refractivity contribution is -0.433. The Labute approximate surface area is 111 Å². The molecule has 8 heteroatoms. The normalized spacial score (nSPS) is 28.2. The highest BCUT2D eigenvalue weighted by Crippen LogP contribution is 2.27.